The number of ether oxygens (including phenoxy) is 1. The fourth-order valence-corrected chi connectivity index (χ4v) is 2.91. The van der Waals surface area contributed by atoms with Crippen LogP contribution in [0.4, 0.5) is 10.1 Å². The van der Waals surface area contributed by atoms with Crippen molar-refractivity contribution in [3.63, 3.8) is 0 Å². The van der Waals surface area contributed by atoms with Crippen molar-refractivity contribution in [1.29, 1.82) is 0 Å². The lowest BCUT2D eigenvalue weighted by Crippen LogP contribution is -2.22. The molecule has 2 aromatic rings. The van der Waals surface area contributed by atoms with Crippen LogP contribution in [0.3, 0.4) is 0 Å². The second-order valence-corrected chi connectivity index (χ2v) is 6.40. The van der Waals surface area contributed by atoms with Gasteiger partial charge in [0.15, 0.2) is 6.61 Å². The Morgan fingerprint density at radius 2 is 1.88 bits per heavy atom. The van der Waals surface area contributed by atoms with Crippen molar-refractivity contribution in [2.45, 2.75) is 4.90 Å². The molecule has 9 heteroatoms. The van der Waals surface area contributed by atoms with E-state index in [4.69, 9.17) is 22.1 Å². The Morgan fingerprint density at radius 1 is 1.15 bits per heavy atom. The molecule has 26 heavy (non-hydrogen) atoms. The topological polar surface area (TPSA) is 98.5 Å². The number of primary amides is 1. The molecule has 0 aliphatic carbocycles. The first-order chi connectivity index (χ1) is 12.4. The number of amides is 2. The van der Waals surface area contributed by atoms with Gasteiger partial charge in [-0.15, -0.1) is 11.8 Å². The SMILES string of the molecule is NC(=O)CSc1ccccc1NC(=O)COC(=O)c1c(F)cccc1Cl. The van der Waals surface area contributed by atoms with Gasteiger partial charge < -0.3 is 15.8 Å². The number of anilines is 1. The second-order valence-electron chi connectivity index (χ2n) is 4.97. The highest BCUT2D eigenvalue weighted by molar-refractivity contribution is 8.00. The van der Waals surface area contributed by atoms with E-state index in [0.717, 1.165) is 17.8 Å². The molecule has 0 unspecified atom stereocenters. The van der Waals surface area contributed by atoms with Crippen molar-refractivity contribution in [2.75, 3.05) is 17.7 Å². The predicted octanol–water partition coefficient (Wildman–Crippen LogP) is 2.85. The summed E-state index contributed by atoms with van der Waals surface area (Å²) in [6, 6.07) is 10.5. The zero-order valence-electron chi connectivity index (χ0n) is 13.3. The van der Waals surface area contributed by atoms with Crippen molar-refractivity contribution in [2.24, 2.45) is 5.73 Å². The lowest BCUT2D eigenvalue weighted by Gasteiger charge is -2.11. The molecule has 0 aliphatic heterocycles. The standard InChI is InChI=1S/C17H14ClFN2O4S/c18-10-4-3-5-11(19)16(10)17(24)25-8-15(23)21-12-6-1-2-7-13(12)26-9-14(20)22/h1-7H,8-9H2,(H2,20,22)(H,21,23). The Kier molecular flexibility index (Phi) is 6.99. The van der Waals surface area contributed by atoms with E-state index in [1.165, 1.54) is 12.1 Å². The number of rotatable bonds is 7. The molecule has 0 aliphatic rings. The van der Waals surface area contributed by atoms with Crippen molar-refractivity contribution in [3.05, 3.63) is 58.9 Å². The van der Waals surface area contributed by atoms with Crippen LogP contribution in [-0.4, -0.2) is 30.1 Å². The predicted molar refractivity (Wildman–Crippen MR) is 96.7 cm³/mol. The van der Waals surface area contributed by atoms with Crippen LogP contribution in [0, 0.1) is 5.82 Å². The molecule has 0 atom stereocenters. The Bertz CT molecular complexity index is 827. The number of para-hydroxylation sites is 1. The van der Waals surface area contributed by atoms with Crippen LogP contribution in [0.15, 0.2) is 47.4 Å². The minimum absolute atomic E-state index is 0.0493. The van der Waals surface area contributed by atoms with Crippen LogP contribution < -0.4 is 11.1 Å². The van der Waals surface area contributed by atoms with E-state index in [0.29, 0.717) is 10.6 Å². The van der Waals surface area contributed by atoms with Crippen molar-refractivity contribution in [1.82, 2.24) is 0 Å². The van der Waals surface area contributed by atoms with E-state index in [2.05, 4.69) is 5.32 Å². The second kappa shape index (κ2) is 9.21. The van der Waals surface area contributed by atoms with Gasteiger partial charge in [0.25, 0.3) is 5.91 Å². The van der Waals surface area contributed by atoms with Crippen LogP contribution in [0.2, 0.25) is 5.02 Å². The number of hydrogen-bond donors (Lipinski definition) is 2. The Balaban J connectivity index is 1.97. The molecule has 3 N–H and O–H groups in total. The molecule has 2 rings (SSSR count). The van der Waals surface area contributed by atoms with E-state index in [-0.39, 0.29) is 10.8 Å². The summed E-state index contributed by atoms with van der Waals surface area (Å²) in [7, 11) is 0. The minimum atomic E-state index is -1.04. The lowest BCUT2D eigenvalue weighted by molar-refractivity contribution is -0.119. The van der Waals surface area contributed by atoms with E-state index >= 15 is 0 Å². The van der Waals surface area contributed by atoms with Crippen molar-refractivity contribution < 1.29 is 23.5 Å². The highest BCUT2D eigenvalue weighted by Gasteiger charge is 2.18. The number of nitrogens with two attached hydrogens (primary N) is 1. The van der Waals surface area contributed by atoms with E-state index < -0.39 is 35.8 Å². The van der Waals surface area contributed by atoms with E-state index in [1.807, 2.05) is 0 Å². The maximum Gasteiger partial charge on any atom is 0.343 e. The number of nitrogens with one attached hydrogen (secondary N) is 1. The average Bonchev–Trinajstić information content (AvgIpc) is 2.59. The number of esters is 1. The fraction of sp³-hybridized carbons (Fsp3) is 0.118. The summed E-state index contributed by atoms with van der Waals surface area (Å²) in [6.07, 6.45) is 0. The number of halogens is 2. The smallest absolute Gasteiger partial charge is 0.343 e. The summed E-state index contributed by atoms with van der Waals surface area (Å²) >= 11 is 6.93. The molecule has 136 valence electrons. The first-order valence-corrected chi connectivity index (χ1v) is 8.66. The summed E-state index contributed by atoms with van der Waals surface area (Å²) in [4.78, 5) is 35.4. The first-order valence-electron chi connectivity index (χ1n) is 7.29. The number of carbonyl (C=O) groups excluding carboxylic acids is 3. The molecular weight excluding hydrogens is 383 g/mol. The highest BCUT2D eigenvalue weighted by Crippen LogP contribution is 2.26. The lowest BCUT2D eigenvalue weighted by atomic mass is 10.2. The summed E-state index contributed by atoms with van der Waals surface area (Å²) in [6.45, 7) is -0.627. The average molecular weight is 397 g/mol. The molecule has 0 saturated heterocycles. The zero-order valence-corrected chi connectivity index (χ0v) is 14.9. The summed E-state index contributed by atoms with van der Waals surface area (Å²) < 4.78 is 18.5. The molecule has 0 spiro atoms. The zero-order chi connectivity index (χ0) is 19.1. The third-order valence-electron chi connectivity index (χ3n) is 3.03. The third kappa shape index (κ3) is 5.47. The van der Waals surface area contributed by atoms with E-state index in [9.17, 15) is 18.8 Å². The van der Waals surface area contributed by atoms with Crippen molar-refractivity contribution >= 4 is 46.8 Å². The maximum absolute atomic E-state index is 13.6. The van der Waals surface area contributed by atoms with Crippen molar-refractivity contribution in [3.8, 4) is 0 Å². The fourth-order valence-electron chi connectivity index (χ4n) is 1.93. The molecule has 6 nitrogen and oxygen atoms in total. The van der Waals surface area contributed by atoms with Crippen LogP contribution in [0.1, 0.15) is 10.4 Å². The summed E-state index contributed by atoms with van der Waals surface area (Å²) in [5, 5.41) is 2.45. The number of carbonyl (C=O) groups is 3. The molecule has 2 aromatic carbocycles. The van der Waals surface area contributed by atoms with Gasteiger partial charge in [-0.25, -0.2) is 9.18 Å². The monoisotopic (exact) mass is 396 g/mol. The number of benzene rings is 2. The van der Waals surface area contributed by atoms with Gasteiger partial charge in [0, 0.05) is 4.90 Å². The largest absolute Gasteiger partial charge is 0.452 e. The van der Waals surface area contributed by atoms with Gasteiger partial charge in [-0.1, -0.05) is 29.8 Å². The first kappa shape index (κ1) is 19.7. The minimum Gasteiger partial charge on any atom is -0.452 e. The Morgan fingerprint density at radius 3 is 2.58 bits per heavy atom. The molecule has 2 amide bonds. The molecule has 0 saturated carbocycles. The van der Waals surface area contributed by atoms with Gasteiger partial charge in [-0.05, 0) is 24.3 Å². The summed E-state index contributed by atoms with van der Waals surface area (Å²) in [5.74, 6) is -2.95. The molecule has 0 heterocycles. The number of hydrogen-bond acceptors (Lipinski definition) is 5. The van der Waals surface area contributed by atoms with Crippen LogP contribution in [0.5, 0.6) is 0 Å². The molecule has 0 fully saturated rings. The molecule has 0 bridgehead atoms. The van der Waals surface area contributed by atoms with Crippen LogP contribution in [0.25, 0.3) is 0 Å². The van der Waals surface area contributed by atoms with Gasteiger partial charge in [0.2, 0.25) is 5.91 Å². The van der Waals surface area contributed by atoms with Gasteiger partial charge in [0.1, 0.15) is 11.4 Å². The van der Waals surface area contributed by atoms with Crippen LogP contribution in [-0.2, 0) is 14.3 Å². The normalized spacial score (nSPS) is 10.2. The van der Waals surface area contributed by atoms with Crippen LogP contribution >= 0.6 is 23.4 Å². The number of thioether (sulfide) groups is 1. The quantitative estimate of drug-likeness (QED) is 0.554. The summed E-state index contributed by atoms with van der Waals surface area (Å²) in [5.41, 5.74) is 5.11. The molecular formula is C17H14ClFN2O4S. The van der Waals surface area contributed by atoms with Gasteiger partial charge in [-0.2, -0.15) is 0 Å². The van der Waals surface area contributed by atoms with Gasteiger partial charge in [0.05, 0.1) is 16.5 Å². The van der Waals surface area contributed by atoms with Gasteiger partial charge in [-0.3, -0.25) is 9.59 Å². The maximum atomic E-state index is 13.6. The Labute approximate surface area is 157 Å². The third-order valence-corrected chi connectivity index (χ3v) is 4.44. The molecule has 0 aromatic heterocycles. The highest BCUT2D eigenvalue weighted by atomic mass is 35.5. The molecule has 0 radical (unpaired) electrons. The van der Waals surface area contributed by atoms with E-state index in [1.54, 1.807) is 24.3 Å². The van der Waals surface area contributed by atoms with Gasteiger partial charge >= 0.3 is 5.97 Å². The Hall–Kier alpha value is -2.58.